The Labute approximate surface area is 89.3 Å². The van der Waals surface area contributed by atoms with E-state index in [9.17, 15) is 5.21 Å². The average molecular weight is 201 g/mol. The third kappa shape index (κ3) is 3.25. The van der Waals surface area contributed by atoms with E-state index in [1.165, 1.54) is 17.9 Å². The lowest BCUT2D eigenvalue weighted by molar-refractivity contribution is -0.183. The Morgan fingerprint density at radius 1 is 1.21 bits per heavy atom. The zero-order valence-corrected chi connectivity index (χ0v) is 10.7. The molecule has 2 heteroatoms. The molecule has 0 aromatic rings. The second-order valence-corrected chi connectivity index (χ2v) is 5.01. The van der Waals surface area contributed by atoms with Gasteiger partial charge in [0.25, 0.3) is 0 Å². The molecule has 0 aliphatic carbocycles. The predicted octanol–water partition coefficient (Wildman–Crippen LogP) is 3.55. The summed E-state index contributed by atoms with van der Waals surface area (Å²) < 4.78 is 0. The average Bonchev–Trinajstić information content (AvgIpc) is 2.11. The molecule has 0 aliphatic heterocycles. The Morgan fingerprint density at radius 2 is 1.71 bits per heavy atom. The van der Waals surface area contributed by atoms with Crippen LogP contribution in [0.2, 0.25) is 0 Å². The second kappa shape index (κ2) is 5.72. The Morgan fingerprint density at radius 3 is 2.00 bits per heavy atom. The largest absolute Gasteiger partial charge is 0.313 e. The molecule has 0 saturated heterocycles. The summed E-state index contributed by atoms with van der Waals surface area (Å²) in [4.78, 5) is 0. The van der Waals surface area contributed by atoms with Crippen molar-refractivity contribution in [3.05, 3.63) is 0 Å². The minimum atomic E-state index is -0.112. The maximum absolute atomic E-state index is 9.86. The molecule has 2 nitrogen and oxygen atoms in total. The molecular formula is C12H27NO. The molecule has 0 saturated carbocycles. The second-order valence-electron chi connectivity index (χ2n) is 5.01. The van der Waals surface area contributed by atoms with E-state index in [1.54, 1.807) is 0 Å². The van der Waals surface area contributed by atoms with Crippen LogP contribution in [0, 0.1) is 11.8 Å². The van der Waals surface area contributed by atoms with Crippen LogP contribution >= 0.6 is 0 Å². The molecular weight excluding hydrogens is 174 g/mol. The Kier molecular flexibility index (Phi) is 5.68. The lowest BCUT2D eigenvalue weighted by Gasteiger charge is -2.42. The quantitative estimate of drug-likeness (QED) is 0.664. The zero-order chi connectivity index (χ0) is 11.4. The molecule has 0 spiro atoms. The highest BCUT2D eigenvalue weighted by molar-refractivity contribution is 4.86. The molecule has 0 aromatic carbocycles. The highest BCUT2D eigenvalue weighted by Crippen LogP contribution is 2.32. The van der Waals surface area contributed by atoms with Crippen LogP contribution in [0.4, 0.5) is 0 Å². The lowest BCUT2D eigenvalue weighted by Crippen LogP contribution is -2.49. The first kappa shape index (κ1) is 13.9. The molecule has 0 aromatic heterocycles. The van der Waals surface area contributed by atoms with Crippen LogP contribution < -0.4 is 0 Å². The fourth-order valence-corrected chi connectivity index (χ4v) is 2.41. The van der Waals surface area contributed by atoms with Crippen molar-refractivity contribution in [3.63, 3.8) is 0 Å². The van der Waals surface area contributed by atoms with Crippen molar-refractivity contribution in [2.24, 2.45) is 11.8 Å². The van der Waals surface area contributed by atoms with Crippen LogP contribution in [0.5, 0.6) is 0 Å². The molecule has 1 atom stereocenters. The van der Waals surface area contributed by atoms with Gasteiger partial charge in [0.1, 0.15) is 0 Å². The molecule has 1 unspecified atom stereocenters. The fraction of sp³-hybridized carbons (Fsp3) is 1.00. The lowest BCUT2D eigenvalue weighted by atomic mass is 9.76. The molecule has 0 rings (SSSR count). The number of hydrogen-bond donors (Lipinski definition) is 1. The van der Waals surface area contributed by atoms with E-state index in [2.05, 4.69) is 34.6 Å². The Balaban J connectivity index is 4.60. The summed E-state index contributed by atoms with van der Waals surface area (Å²) in [6.07, 6.45) is 2.37. The maximum Gasteiger partial charge on any atom is 0.0434 e. The maximum atomic E-state index is 9.86. The molecule has 0 radical (unpaired) electrons. The number of hydrogen-bond acceptors (Lipinski definition) is 2. The molecule has 14 heavy (non-hydrogen) atoms. The summed E-state index contributed by atoms with van der Waals surface area (Å²) in [6.45, 7) is 13.6. The Hall–Kier alpha value is -0.0800. The van der Waals surface area contributed by atoms with Gasteiger partial charge in [-0.25, -0.2) is 0 Å². The van der Waals surface area contributed by atoms with Gasteiger partial charge in [-0.15, -0.1) is 0 Å². The number of nitrogens with zero attached hydrogens (tertiary/aromatic N) is 1. The van der Waals surface area contributed by atoms with Gasteiger partial charge in [0, 0.05) is 12.1 Å². The summed E-state index contributed by atoms with van der Waals surface area (Å²) in [5, 5.41) is 11.3. The standard InChI is InChI=1S/C12H27NO/c1-7-9-11(10(3)4)12(5,6)13(14)8-2/h10-11,14H,7-9H2,1-6H3. The van der Waals surface area contributed by atoms with E-state index in [1.807, 2.05) is 6.92 Å². The minimum Gasteiger partial charge on any atom is -0.313 e. The molecule has 0 bridgehead atoms. The Bertz CT molecular complexity index is 154. The smallest absolute Gasteiger partial charge is 0.0434 e. The number of rotatable bonds is 6. The van der Waals surface area contributed by atoms with Crippen molar-refractivity contribution >= 4 is 0 Å². The minimum absolute atomic E-state index is 0.112. The highest BCUT2D eigenvalue weighted by atomic mass is 16.5. The van der Waals surface area contributed by atoms with Gasteiger partial charge < -0.3 is 5.21 Å². The zero-order valence-electron chi connectivity index (χ0n) is 10.7. The first-order chi connectivity index (χ1) is 6.37. The third-order valence-electron chi connectivity index (χ3n) is 3.28. The van der Waals surface area contributed by atoms with Gasteiger partial charge in [0.05, 0.1) is 0 Å². The van der Waals surface area contributed by atoms with Crippen molar-refractivity contribution < 1.29 is 5.21 Å². The van der Waals surface area contributed by atoms with Gasteiger partial charge in [-0.3, -0.25) is 0 Å². The van der Waals surface area contributed by atoms with Crippen molar-refractivity contribution in [2.45, 2.75) is 59.9 Å². The van der Waals surface area contributed by atoms with Gasteiger partial charge in [-0.05, 0) is 32.1 Å². The normalized spacial score (nSPS) is 15.2. The summed E-state index contributed by atoms with van der Waals surface area (Å²) in [6, 6.07) is 0. The molecule has 1 N–H and O–H groups in total. The van der Waals surface area contributed by atoms with E-state index in [-0.39, 0.29) is 5.54 Å². The molecule has 86 valence electrons. The first-order valence-electron chi connectivity index (χ1n) is 5.84. The van der Waals surface area contributed by atoms with E-state index >= 15 is 0 Å². The van der Waals surface area contributed by atoms with E-state index in [0.29, 0.717) is 18.4 Å². The molecule has 0 amide bonds. The molecule has 0 aliphatic rings. The van der Waals surface area contributed by atoms with Crippen molar-refractivity contribution in [1.29, 1.82) is 0 Å². The van der Waals surface area contributed by atoms with Crippen molar-refractivity contribution in [1.82, 2.24) is 5.06 Å². The molecule has 0 fully saturated rings. The van der Waals surface area contributed by atoms with Gasteiger partial charge in [-0.2, -0.15) is 5.06 Å². The summed E-state index contributed by atoms with van der Waals surface area (Å²) in [7, 11) is 0. The van der Waals surface area contributed by atoms with E-state index < -0.39 is 0 Å². The van der Waals surface area contributed by atoms with Crippen LogP contribution in [0.15, 0.2) is 0 Å². The van der Waals surface area contributed by atoms with Crippen LogP contribution in [-0.2, 0) is 0 Å². The number of hydroxylamine groups is 2. The predicted molar refractivity (Wildman–Crippen MR) is 61.5 cm³/mol. The van der Waals surface area contributed by atoms with Gasteiger partial charge in [0.2, 0.25) is 0 Å². The monoisotopic (exact) mass is 201 g/mol. The van der Waals surface area contributed by atoms with Crippen molar-refractivity contribution in [2.75, 3.05) is 6.54 Å². The summed E-state index contributed by atoms with van der Waals surface area (Å²) in [5.74, 6) is 1.17. The van der Waals surface area contributed by atoms with Crippen LogP contribution in [-0.4, -0.2) is 22.4 Å². The van der Waals surface area contributed by atoms with Crippen molar-refractivity contribution in [3.8, 4) is 0 Å². The van der Waals surface area contributed by atoms with Crippen LogP contribution in [0.1, 0.15) is 54.4 Å². The fourth-order valence-electron chi connectivity index (χ4n) is 2.41. The highest BCUT2D eigenvalue weighted by Gasteiger charge is 2.35. The topological polar surface area (TPSA) is 23.5 Å². The van der Waals surface area contributed by atoms with Crippen LogP contribution in [0.25, 0.3) is 0 Å². The molecule has 0 heterocycles. The van der Waals surface area contributed by atoms with Gasteiger partial charge in [0.15, 0.2) is 0 Å². The first-order valence-corrected chi connectivity index (χ1v) is 5.84. The summed E-state index contributed by atoms with van der Waals surface area (Å²) in [5.41, 5.74) is -0.112. The SMILES string of the molecule is CCCC(C(C)C)C(C)(C)N(O)CC. The third-order valence-corrected chi connectivity index (χ3v) is 3.28. The van der Waals surface area contributed by atoms with E-state index in [0.717, 1.165) is 0 Å². The van der Waals surface area contributed by atoms with Gasteiger partial charge in [-0.1, -0.05) is 34.1 Å². The summed E-state index contributed by atoms with van der Waals surface area (Å²) >= 11 is 0. The van der Waals surface area contributed by atoms with E-state index in [4.69, 9.17) is 0 Å². The van der Waals surface area contributed by atoms with Gasteiger partial charge >= 0.3 is 0 Å². The van der Waals surface area contributed by atoms with Crippen LogP contribution in [0.3, 0.4) is 0 Å².